The van der Waals surface area contributed by atoms with Crippen molar-refractivity contribution in [2.24, 2.45) is 0 Å². The molecule has 0 spiro atoms. The van der Waals surface area contributed by atoms with Gasteiger partial charge in [0.25, 0.3) is 6.29 Å². The Balaban J connectivity index is 1.49. The Bertz CT molecular complexity index is 1250. The third-order valence-electron chi connectivity index (χ3n) is 7.91. The summed E-state index contributed by atoms with van der Waals surface area (Å²) < 4.78 is 49.1. The first-order chi connectivity index (χ1) is 20.6. The van der Waals surface area contributed by atoms with Gasteiger partial charge in [0, 0.05) is 25.3 Å². The van der Waals surface area contributed by atoms with Crippen LogP contribution in [0, 0.1) is 0 Å². The van der Waals surface area contributed by atoms with Crippen LogP contribution in [0.2, 0.25) is 18.1 Å². The SMILES string of the molecule is COc1cc(OCc2ccccc2)cc(O[C@@H]2O[C@@H]([C@H](CO[Si](C)(C)C(C)(C)C)OCc3ccccc3)CO[C@H]2OC)c1. The maximum atomic E-state index is 6.59. The van der Waals surface area contributed by atoms with Crippen molar-refractivity contribution in [2.75, 3.05) is 27.4 Å². The number of benzene rings is 3. The lowest BCUT2D eigenvalue weighted by molar-refractivity contribution is -0.327. The molecule has 0 radical (unpaired) electrons. The van der Waals surface area contributed by atoms with E-state index >= 15 is 0 Å². The van der Waals surface area contributed by atoms with E-state index in [1.807, 2.05) is 66.7 Å². The van der Waals surface area contributed by atoms with E-state index in [0.717, 1.165) is 11.1 Å². The maximum Gasteiger partial charge on any atom is 0.251 e. The molecule has 8 nitrogen and oxygen atoms in total. The summed E-state index contributed by atoms with van der Waals surface area (Å²) >= 11 is 0. The second kappa shape index (κ2) is 15.2. The molecular weight excluding hydrogens is 564 g/mol. The monoisotopic (exact) mass is 610 g/mol. The summed E-state index contributed by atoms with van der Waals surface area (Å²) in [6.45, 7) is 12.6. The van der Waals surface area contributed by atoms with Crippen molar-refractivity contribution < 1.29 is 37.6 Å². The van der Waals surface area contributed by atoms with Gasteiger partial charge in [-0.25, -0.2) is 0 Å². The Hall–Kier alpha value is -2.92. The van der Waals surface area contributed by atoms with Crippen molar-refractivity contribution >= 4 is 8.32 Å². The van der Waals surface area contributed by atoms with Gasteiger partial charge in [-0.15, -0.1) is 0 Å². The fraction of sp³-hybridized carbons (Fsp3) is 0.471. The van der Waals surface area contributed by atoms with Crippen molar-refractivity contribution in [3.05, 3.63) is 90.0 Å². The van der Waals surface area contributed by atoms with E-state index < -0.39 is 33.1 Å². The van der Waals surface area contributed by atoms with Crippen LogP contribution < -0.4 is 14.2 Å². The van der Waals surface area contributed by atoms with Crippen LogP contribution in [0.15, 0.2) is 78.9 Å². The predicted molar refractivity (Wildman–Crippen MR) is 168 cm³/mol. The van der Waals surface area contributed by atoms with Crippen molar-refractivity contribution in [1.82, 2.24) is 0 Å². The first-order valence-electron chi connectivity index (χ1n) is 14.7. The summed E-state index contributed by atoms with van der Waals surface area (Å²) in [6.07, 6.45) is -2.46. The molecule has 0 aliphatic carbocycles. The maximum absolute atomic E-state index is 6.59. The molecule has 1 heterocycles. The van der Waals surface area contributed by atoms with Crippen LogP contribution in [0.4, 0.5) is 0 Å². The summed E-state index contributed by atoms with van der Waals surface area (Å²) in [6, 6.07) is 25.4. The fourth-order valence-electron chi connectivity index (χ4n) is 4.24. The highest BCUT2D eigenvalue weighted by atomic mass is 28.4. The molecule has 1 fully saturated rings. The molecule has 0 bridgehead atoms. The zero-order valence-electron chi connectivity index (χ0n) is 26.4. The molecule has 234 valence electrons. The van der Waals surface area contributed by atoms with Crippen molar-refractivity contribution in [3.63, 3.8) is 0 Å². The average molecular weight is 611 g/mol. The lowest BCUT2D eigenvalue weighted by atomic mass is 10.2. The molecule has 0 aromatic heterocycles. The van der Waals surface area contributed by atoms with E-state index in [-0.39, 0.29) is 11.6 Å². The summed E-state index contributed by atoms with van der Waals surface area (Å²) in [5, 5.41) is 0.0559. The van der Waals surface area contributed by atoms with E-state index in [4.69, 9.17) is 37.6 Å². The Morgan fingerprint density at radius 3 is 2.02 bits per heavy atom. The summed E-state index contributed by atoms with van der Waals surface area (Å²) in [5.74, 6) is 1.69. The molecule has 9 heteroatoms. The number of rotatable bonds is 14. The topological polar surface area (TPSA) is 73.8 Å². The third-order valence-corrected chi connectivity index (χ3v) is 12.4. The number of ether oxygens (including phenoxy) is 7. The third kappa shape index (κ3) is 9.53. The fourth-order valence-corrected chi connectivity index (χ4v) is 5.25. The minimum atomic E-state index is -2.05. The van der Waals surface area contributed by atoms with Crippen molar-refractivity contribution in [3.8, 4) is 17.2 Å². The minimum Gasteiger partial charge on any atom is -0.496 e. The number of methoxy groups -OCH3 is 2. The second-order valence-corrected chi connectivity index (χ2v) is 16.9. The molecular formula is C34H46O8Si. The Labute approximate surface area is 257 Å². The minimum absolute atomic E-state index is 0.0559. The molecule has 0 unspecified atom stereocenters. The van der Waals surface area contributed by atoms with Gasteiger partial charge in [0.2, 0.25) is 6.29 Å². The molecule has 1 aliphatic heterocycles. The zero-order valence-corrected chi connectivity index (χ0v) is 27.4. The highest BCUT2D eigenvalue weighted by molar-refractivity contribution is 6.74. The molecule has 1 aliphatic rings. The van der Waals surface area contributed by atoms with Crippen LogP contribution in [-0.4, -0.2) is 60.5 Å². The summed E-state index contributed by atoms with van der Waals surface area (Å²) in [7, 11) is 1.12. The van der Waals surface area contributed by atoms with Gasteiger partial charge in [0.1, 0.15) is 36.1 Å². The van der Waals surface area contributed by atoms with E-state index in [1.165, 1.54) is 0 Å². The van der Waals surface area contributed by atoms with Gasteiger partial charge < -0.3 is 37.6 Å². The summed E-state index contributed by atoms with van der Waals surface area (Å²) in [4.78, 5) is 0. The van der Waals surface area contributed by atoms with Gasteiger partial charge in [-0.3, -0.25) is 0 Å². The van der Waals surface area contributed by atoms with E-state index in [9.17, 15) is 0 Å². The largest absolute Gasteiger partial charge is 0.496 e. The molecule has 4 rings (SSSR count). The standard InChI is InChI=1S/C34H46O8Si/c1-34(2,3)43(6,7)40-24-30(38-22-26-16-12-9-13-17-26)31-23-39-32(36-5)33(42-31)41-29-19-27(35-4)18-28(20-29)37-21-25-14-10-8-11-15-25/h8-20,30-33H,21-24H2,1-7H3/t30-,31+,32+,33+/m0/s1. The molecule has 43 heavy (non-hydrogen) atoms. The molecule has 1 saturated heterocycles. The Morgan fingerprint density at radius 2 is 1.42 bits per heavy atom. The van der Waals surface area contributed by atoms with E-state index in [0.29, 0.717) is 37.1 Å². The van der Waals surface area contributed by atoms with Gasteiger partial charge in [-0.05, 0) is 29.3 Å². The predicted octanol–water partition coefficient (Wildman–Crippen LogP) is 6.97. The van der Waals surface area contributed by atoms with Crippen molar-refractivity contribution in [1.29, 1.82) is 0 Å². The van der Waals surface area contributed by atoms with Crippen LogP contribution in [0.5, 0.6) is 17.2 Å². The van der Waals surface area contributed by atoms with Crippen LogP contribution >= 0.6 is 0 Å². The first-order valence-corrected chi connectivity index (χ1v) is 17.6. The number of hydrogen-bond donors (Lipinski definition) is 0. The average Bonchev–Trinajstić information content (AvgIpc) is 3.00. The Kier molecular flexibility index (Phi) is 11.6. The highest BCUT2D eigenvalue weighted by Gasteiger charge is 2.42. The van der Waals surface area contributed by atoms with Gasteiger partial charge >= 0.3 is 0 Å². The normalized spacial score (nSPS) is 19.9. The molecule has 4 atom stereocenters. The molecule has 3 aromatic carbocycles. The molecule has 0 saturated carbocycles. The van der Waals surface area contributed by atoms with Crippen LogP contribution in [0.3, 0.4) is 0 Å². The summed E-state index contributed by atoms with van der Waals surface area (Å²) in [5.41, 5.74) is 2.12. The lowest BCUT2D eigenvalue weighted by Gasteiger charge is -2.41. The van der Waals surface area contributed by atoms with E-state index in [2.05, 4.69) is 33.9 Å². The quantitative estimate of drug-likeness (QED) is 0.181. The van der Waals surface area contributed by atoms with Gasteiger partial charge in [-0.2, -0.15) is 0 Å². The van der Waals surface area contributed by atoms with Gasteiger partial charge in [0.05, 0.1) is 26.9 Å². The molecule has 0 amide bonds. The second-order valence-electron chi connectivity index (χ2n) is 12.1. The molecule has 0 N–H and O–H groups in total. The highest BCUT2D eigenvalue weighted by Crippen LogP contribution is 2.37. The first kappa shape index (κ1) is 33.0. The van der Waals surface area contributed by atoms with Crippen LogP contribution in [-0.2, 0) is 36.6 Å². The van der Waals surface area contributed by atoms with Crippen LogP contribution in [0.25, 0.3) is 0 Å². The smallest absolute Gasteiger partial charge is 0.251 e. The van der Waals surface area contributed by atoms with Gasteiger partial charge in [0.15, 0.2) is 8.32 Å². The zero-order chi connectivity index (χ0) is 30.9. The number of hydrogen-bond acceptors (Lipinski definition) is 8. The van der Waals surface area contributed by atoms with Crippen molar-refractivity contribution in [2.45, 2.75) is 76.9 Å². The van der Waals surface area contributed by atoms with E-state index in [1.54, 1.807) is 26.4 Å². The van der Waals surface area contributed by atoms with Crippen LogP contribution in [0.1, 0.15) is 31.9 Å². The van der Waals surface area contributed by atoms with Gasteiger partial charge in [-0.1, -0.05) is 81.4 Å². The Morgan fingerprint density at radius 1 is 0.814 bits per heavy atom. The molecule has 3 aromatic rings. The lowest BCUT2D eigenvalue weighted by Crippen LogP contribution is -2.54.